The Balaban J connectivity index is 1.39. The van der Waals surface area contributed by atoms with Gasteiger partial charge in [-0.15, -0.1) is 0 Å². The highest BCUT2D eigenvalue weighted by molar-refractivity contribution is 7.80. The van der Waals surface area contributed by atoms with Crippen LogP contribution in [0.25, 0.3) is 11.3 Å². The number of rotatable bonds is 5. The van der Waals surface area contributed by atoms with Gasteiger partial charge in [-0.25, -0.2) is 0 Å². The minimum absolute atomic E-state index is 0.240. The van der Waals surface area contributed by atoms with E-state index in [2.05, 4.69) is 46.1 Å². The second-order valence-electron chi connectivity index (χ2n) is 10.8. The van der Waals surface area contributed by atoms with Crippen LogP contribution in [-0.2, 0) is 0 Å². The molecule has 0 saturated carbocycles. The Morgan fingerprint density at radius 2 is 1.73 bits per heavy atom. The average molecular weight is 612 g/mol. The normalized spacial score (nSPS) is 23.0. The van der Waals surface area contributed by atoms with E-state index < -0.39 is 0 Å². The van der Waals surface area contributed by atoms with Gasteiger partial charge >= 0.3 is 0 Å². The van der Waals surface area contributed by atoms with Crippen LogP contribution in [0.15, 0.2) is 77.3 Å². The molecule has 0 radical (unpaired) electrons. The molecule has 206 valence electrons. The maximum atomic E-state index is 6.95. The fourth-order valence-electron chi connectivity index (χ4n) is 6.03. The van der Waals surface area contributed by atoms with Crippen LogP contribution in [-0.4, -0.2) is 23.2 Å². The highest BCUT2D eigenvalue weighted by atomic mass is 35.5. The summed E-state index contributed by atoms with van der Waals surface area (Å²) in [6.45, 7) is 6.60. The van der Waals surface area contributed by atoms with Crippen molar-refractivity contribution in [2.45, 2.75) is 32.4 Å². The van der Waals surface area contributed by atoms with Crippen molar-refractivity contribution in [1.29, 1.82) is 0 Å². The van der Waals surface area contributed by atoms with E-state index >= 15 is 0 Å². The van der Waals surface area contributed by atoms with E-state index in [4.69, 9.17) is 51.4 Å². The molecule has 2 saturated heterocycles. The van der Waals surface area contributed by atoms with Crippen molar-refractivity contribution in [2.24, 2.45) is 11.8 Å². The molecule has 4 atom stereocenters. The number of nitrogens with one attached hydrogen (secondary N) is 1. The summed E-state index contributed by atoms with van der Waals surface area (Å²) in [6, 6.07) is 20.8. The first kappa shape index (κ1) is 27.4. The Labute approximate surface area is 255 Å². The van der Waals surface area contributed by atoms with Crippen LogP contribution in [0.4, 0.5) is 11.4 Å². The lowest BCUT2D eigenvalue weighted by Gasteiger charge is -2.37. The summed E-state index contributed by atoms with van der Waals surface area (Å²) in [5.41, 5.74) is 3.57. The van der Waals surface area contributed by atoms with E-state index in [0.717, 1.165) is 41.5 Å². The van der Waals surface area contributed by atoms with Gasteiger partial charge in [-0.1, -0.05) is 54.7 Å². The topological polar surface area (TPSA) is 44.5 Å². The van der Waals surface area contributed by atoms with E-state index in [-0.39, 0.29) is 12.1 Å². The molecule has 0 unspecified atom stereocenters. The van der Waals surface area contributed by atoms with Gasteiger partial charge < -0.3 is 19.5 Å². The number of thiocarbonyl (C=S) groups is 1. The molecule has 2 aliphatic rings. The van der Waals surface area contributed by atoms with Crippen LogP contribution >= 0.6 is 47.0 Å². The number of piperidine rings is 1. The van der Waals surface area contributed by atoms with Crippen molar-refractivity contribution in [3.8, 4) is 11.3 Å². The van der Waals surface area contributed by atoms with Gasteiger partial charge in [0.2, 0.25) is 0 Å². The third-order valence-corrected chi connectivity index (χ3v) is 8.80. The van der Waals surface area contributed by atoms with E-state index in [1.54, 1.807) is 18.3 Å². The average Bonchev–Trinajstić information content (AvgIpc) is 3.53. The molecule has 2 aliphatic heterocycles. The first-order chi connectivity index (χ1) is 19.3. The fourth-order valence-corrected chi connectivity index (χ4v) is 7.17. The van der Waals surface area contributed by atoms with Crippen molar-refractivity contribution in [3.05, 3.63) is 99.4 Å². The zero-order chi connectivity index (χ0) is 28.0. The molecule has 2 fully saturated rings. The number of nitrogens with zero attached hydrogens (tertiary/aromatic N) is 3. The van der Waals surface area contributed by atoms with Gasteiger partial charge in [0.25, 0.3) is 0 Å². The second-order valence-corrected chi connectivity index (χ2v) is 12.4. The first-order valence-electron chi connectivity index (χ1n) is 13.4. The minimum Gasteiger partial charge on any atom is -0.459 e. The molecule has 0 aliphatic carbocycles. The number of hydrogen-bond acceptors (Lipinski definition) is 4. The maximum absolute atomic E-state index is 6.95. The van der Waals surface area contributed by atoms with Crippen molar-refractivity contribution in [1.82, 2.24) is 10.3 Å². The molecule has 5 nitrogen and oxygen atoms in total. The van der Waals surface area contributed by atoms with E-state index in [1.807, 2.05) is 42.5 Å². The predicted octanol–water partition coefficient (Wildman–Crippen LogP) is 8.96. The Kier molecular flexibility index (Phi) is 7.71. The highest BCUT2D eigenvalue weighted by Gasteiger charge is 2.43. The van der Waals surface area contributed by atoms with Gasteiger partial charge in [0, 0.05) is 35.6 Å². The van der Waals surface area contributed by atoms with E-state index in [1.165, 1.54) is 6.42 Å². The zero-order valence-electron chi connectivity index (χ0n) is 22.2. The molecule has 0 spiro atoms. The molecular formula is C31H29Cl3N4OS. The molecule has 9 heteroatoms. The summed E-state index contributed by atoms with van der Waals surface area (Å²) in [6.07, 6.45) is 3.02. The lowest BCUT2D eigenvalue weighted by molar-refractivity contribution is 0.357. The molecule has 0 bridgehead atoms. The highest BCUT2D eigenvalue weighted by Crippen LogP contribution is 2.45. The number of hydrogen-bond donors (Lipinski definition) is 1. The quantitative estimate of drug-likeness (QED) is 0.227. The van der Waals surface area contributed by atoms with Crippen molar-refractivity contribution in [2.75, 3.05) is 22.9 Å². The number of pyridine rings is 1. The maximum Gasteiger partial charge on any atom is 0.174 e. The van der Waals surface area contributed by atoms with E-state index in [9.17, 15) is 0 Å². The van der Waals surface area contributed by atoms with Crippen LogP contribution in [0.2, 0.25) is 15.1 Å². The smallest absolute Gasteiger partial charge is 0.174 e. The van der Waals surface area contributed by atoms with Crippen molar-refractivity contribution in [3.63, 3.8) is 0 Å². The second kappa shape index (κ2) is 11.2. The number of benzene rings is 2. The summed E-state index contributed by atoms with van der Waals surface area (Å²) in [5, 5.41) is 5.86. The molecular weight excluding hydrogens is 583 g/mol. The third kappa shape index (κ3) is 5.30. The Bertz CT molecular complexity index is 1530. The zero-order valence-corrected chi connectivity index (χ0v) is 25.2. The fraction of sp³-hybridized carbons (Fsp3) is 0.290. The van der Waals surface area contributed by atoms with Gasteiger partial charge in [-0.2, -0.15) is 0 Å². The largest absolute Gasteiger partial charge is 0.459 e. The molecule has 1 N–H and O–H groups in total. The van der Waals surface area contributed by atoms with Gasteiger partial charge in [-0.3, -0.25) is 4.98 Å². The van der Waals surface area contributed by atoms with Crippen molar-refractivity contribution >= 4 is 63.5 Å². The van der Waals surface area contributed by atoms with Gasteiger partial charge in [0.15, 0.2) is 5.11 Å². The van der Waals surface area contributed by atoms with Crippen LogP contribution in [0.3, 0.4) is 0 Å². The summed E-state index contributed by atoms with van der Waals surface area (Å²) >= 11 is 25.5. The molecule has 6 rings (SSSR count). The van der Waals surface area contributed by atoms with Gasteiger partial charge in [0.05, 0.1) is 27.5 Å². The SMILES string of the molecule is C[C@H]1C[C@H](C)CN(c2ccc(N3C(=S)N[C@@H](c4ccccn4)[C@@H]3c3ccc(-c4ccc(Cl)cc4Cl)o3)cc2Cl)C1. The Hall–Kier alpha value is -2.77. The molecule has 2 aromatic heterocycles. The molecule has 0 amide bonds. The van der Waals surface area contributed by atoms with E-state index in [0.29, 0.717) is 37.8 Å². The van der Waals surface area contributed by atoms with Crippen LogP contribution in [0.1, 0.15) is 43.8 Å². The van der Waals surface area contributed by atoms with Crippen LogP contribution in [0.5, 0.6) is 0 Å². The number of anilines is 2. The molecule has 4 heterocycles. The summed E-state index contributed by atoms with van der Waals surface area (Å²) in [5.74, 6) is 2.63. The summed E-state index contributed by atoms with van der Waals surface area (Å²) in [7, 11) is 0. The predicted molar refractivity (Wildman–Crippen MR) is 169 cm³/mol. The number of halogens is 3. The molecule has 2 aromatic carbocycles. The van der Waals surface area contributed by atoms with Crippen LogP contribution < -0.4 is 15.1 Å². The van der Waals surface area contributed by atoms with Crippen LogP contribution in [0, 0.1) is 11.8 Å². The number of furan rings is 1. The lowest BCUT2D eigenvalue weighted by atomic mass is 9.91. The molecule has 40 heavy (non-hydrogen) atoms. The monoisotopic (exact) mass is 610 g/mol. The lowest BCUT2D eigenvalue weighted by Crippen LogP contribution is -2.38. The number of aromatic nitrogens is 1. The Morgan fingerprint density at radius 3 is 2.42 bits per heavy atom. The Morgan fingerprint density at radius 1 is 0.925 bits per heavy atom. The molecule has 4 aromatic rings. The van der Waals surface area contributed by atoms with Gasteiger partial charge in [-0.05, 0) is 91.1 Å². The van der Waals surface area contributed by atoms with Crippen molar-refractivity contribution < 1.29 is 4.42 Å². The summed E-state index contributed by atoms with van der Waals surface area (Å²) < 4.78 is 6.46. The minimum atomic E-state index is -0.306. The first-order valence-corrected chi connectivity index (χ1v) is 14.9. The van der Waals surface area contributed by atoms with Gasteiger partial charge in [0.1, 0.15) is 17.6 Å². The third-order valence-electron chi connectivity index (χ3n) is 7.63. The summed E-state index contributed by atoms with van der Waals surface area (Å²) in [4.78, 5) is 9.10. The standard InChI is InChI=1S/C31H29Cl3N4OS/c1-18-13-19(2)17-37(16-18)26-9-7-21(15-24(26)34)38-30(29(36-31(38)40)25-5-3-4-12-35-25)28-11-10-27(39-28)22-8-6-20(32)14-23(22)33/h3-12,14-15,18-19,29-30H,13,16-17H2,1-2H3,(H,36,40)/t18-,19-,29-,30-/m0/s1.